The van der Waals surface area contributed by atoms with Gasteiger partial charge in [-0.15, -0.1) is 0 Å². The molecule has 2 aromatic carbocycles. The molecule has 3 rings (SSSR count). The van der Waals surface area contributed by atoms with E-state index >= 15 is 0 Å². The molecule has 0 saturated heterocycles. The number of benzene rings is 2. The molecule has 27 heavy (non-hydrogen) atoms. The average Bonchev–Trinajstić information content (AvgIpc) is 2.93. The summed E-state index contributed by atoms with van der Waals surface area (Å²) < 4.78 is 40.8. The van der Waals surface area contributed by atoms with E-state index in [4.69, 9.17) is 0 Å². The molecule has 3 aromatic rings. The minimum absolute atomic E-state index is 0.167. The van der Waals surface area contributed by atoms with Gasteiger partial charge in [-0.2, -0.15) is 18.3 Å². The summed E-state index contributed by atoms with van der Waals surface area (Å²) in [5.41, 5.74) is 0.949. The SMILES string of the molecule is Cc1cc(NC(=O)c2ccccc2Br)nn1Cc1cccc(C(F)(F)F)c1. The van der Waals surface area contributed by atoms with Crippen LogP contribution in [0.25, 0.3) is 0 Å². The zero-order valence-electron chi connectivity index (χ0n) is 14.2. The van der Waals surface area contributed by atoms with Gasteiger partial charge in [-0.25, -0.2) is 0 Å². The average molecular weight is 438 g/mol. The molecule has 0 radical (unpaired) electrons. The van der Waals surface area contributed by atoms with Gasteiger partial charge in [0.05, 0.1) is 17.7 Å². The highest BCUT2D eigenvalue weighted by Crippen LogP contribution is 2.29. The van der Waals surface area contributed by atoms with E-state index in [1.807, 2.05) is 0 Å². The Hall–Kier alpha value is -2.61. The van der Waals surface area contributed by atoms with E-state index in [9.17, 15) is 18.0 Å². The molecule has 1 amide bonds. The molecule has 8 heteroatoms. The molecule has 0 unspecified atom stereocenters. The number of nitrogens with one attached hydrogen (secondary N) is 1. The van der Waals surface area contributed by atoms with Crippen LogP contribution in [0.2, 0.25) is 0 Å². The van der Waals surface area contributed by atoms with Gasteiger partial charge in [0.2, 0.25) is 0 Å². The molecule has 0 fully saturated rings. The lowest BCUT2D eigenvalue weighted by Gasteiger charge is -2.09. The van der Waals surface area contributed by atoms with Crippen LogP contribution >= 0.6 is 15.9 Å². The summed E-state index contributed by atoms with van der Waals surface area (Å²) in [6.45, 7) is 1.94. The second-order valence-corrected chi connectivity index (χ2v) is 6.82. The Morgan fingerprint density at radius 1 is 1.15 bits per heavy atom. The molecule has 1 heterocycles. The number of nitrogens with zero attached hydrogens (tertiary/aromatic N) is 2. The van der Waals surface area contributed by atoms with Crippen molar-refractivity contribution >= 4 is 27.7 Å². The van der Waals surface area contributed by atoms with Crippen LogP contribution in [0.15, 0.2) is 59.1 Å². The lowest BCUT2D eigenvalue weighted by molar-refractivity contribution is -0.137. The van der Waals surface area contributed by atoms with Crippen LogP contribution in [0.1, 0.15) is 27.2 Å². The third-order valence-electron chi connectivity index (χ3n) is 3.93. The number of carbonyl (C=O) groups is 1. The van der Waals surface area contributed by atoms with Crippen LogP contribution in [0.4, 0.5) is 19.0 Å². The number of alkyl halides is 3. The fourth-order valence-electron chi connectivity index (χ4n) is 2.58. The summed E-state index contributed by atoms with van der Waals surface area (Å²) in [6, 6.07) is 13.7. The predicted molar refractivity (Wildman–Crippen MR) is 99.6 cm³/mol. The van der Waals surface area contributed by atoms with E-state index in [1.54, 1.807) is 48.0 Å². The summed E-state index contributed by atoms with van der Waals surface area (Å²) in [4.78, 5) is 12.4. The van der Waals surface area contributed by atoms with Crippen molar-refractivity contribution in [2.24, 2.45) is 0 Å². The number of carbonyl (C=O) groups excluding carboxylic acids is 1. The molecule has 1 aromatic heterocycles. The number of hydrogen-bond donors (Lipinski definition) is 1. The molecular weight excluding hydrogens is 423 g/mol. The number of hydrogen-bond acceptors (Lipinski definition) is 2. The van der Waals surface area contributed by atoms with Gasteiger partial charge in [-0.05, 0) is 52.7 Å². The Morgan fingerprint density at radius 3 is 2.59 bits per heavy atom. The Kier molecular flexibility index (Phi) is 5.36. The summed E-state index contributed by atoms with van der Waals surface area (Å²) in [7, 11) is 0. The van der Waals surface area contributed by atoms with Gasteiger partial charge in [-0.3, -0.25) is 9.48 Å². The van der Waals surface area contributed by atoms with Gasteiger partial charge in [0.25, 0.3) is 5.91 Å². The van der Waals surface area contributed by atoms with E-state index in [-0.39, 0.29) is 12.5 Å². The molecule has 140 valence electrons. The topological polar surface area (TPSA) is 46.9 Å². The smallest absolute Gasteiger partial charge is 0.305 e. The fourth-order valence-corrected chi connectivity index (χ4v) is 3.04. The monoisotopic (exact) mass is 437 g/mol. The zero-order valence-corrected chi connectivity index (χ0v) is 15.8. The minimum atomic E-state index is -4.39. The van der Waals surface area contributed by atoms with Crippen molar-refractivity contribution in [1.82, 2.24) is 9.78 Å². The standard InChI is InChI=1S/C19H15BrF3N3O/c1-12-9-17(24-18(27)15-7-2-3-8-16(15)20)25-26(12)11-13-5-4-6-14(10-13)19(21,22)23/h2-10H,11H2,1H3,(H,24,25,27). The highest BCUT2D eigenvalue weighted by atomic mass is 79.9. The van der Waals surface area contributed by atoms with Crippen molar-refractivity contribution in [3.63, 3.8) is 0 Å². The normalized spacial score (nSPS) is 11.4. The molecule has 0 spiro atoms. The summed E-state index contributed by atoms with van der Waals surface area (Å²) >= 11 is 3.32. The van der Waals surface area contributed by atoms with Crippen molar-refractivity contribution < 1.29 is 18.0 Å². The number of anilines is 1. The van der Waals surface area contributed by atoms with Crippen LogP contribution in [-0.4, -0.2) is 15.7 Å². The maximum absolute atomic E-state index is 12.9. The zero-order chi connectivity index (χ0) is 19.6. The van der Waals surface area contributed by atoms with Crippen molar-refractivity contribution in [3.05, 3.63) is 81.5 Å². The van der Waals surface area contributed by atoms with E-state index in [2.05, 4.69) is 26.3 Å². The van der Waals surface area contributed by atoms with Crippen LogP contribution in [0.3, 0.4) is 0 Å². The lowest BCUT2D eigenvalue weighted by Crippen LogP contribution is -2.13. The van der Waals surface area contributed by atoms with Gasteiger partial charge < -0.3 is 5.32 Å². The first-order chi connectivity index (χ1) is 12.7. The lowest BCUT2D eigenvalue weighted by atomic mass is 10.1. The Morgan fingerprint density at radius 2 is 1.89 bits per heavy atom. The van der Waals surface area contributed by atoms with Crippen LogP contribution in [0.5, 0.6) is 0 Å². The number of amides is 1. The van der Waals surface area contributed by atoms with Crippen LogP contribution in [0, 0.1) is 6.92 Å². The Balaban J connectivity index is 1.77. The molecule has 4 nitrogen and oxygen atoms in total. The number of rotatable bonds is 4. The Labute approximate surface area is 162 Å². The Bertz CT molecular complexity index is 982. The molecule has 0 bridgehead atoms. The first-order valence-corrected chi connectivity index (χ1v) is 8.80. The van der Waals surface area contributed by atoms with E-state index in [0.717, 1.165) is 17.8 Å². The summed E-state index contributed by atoms with van der Waals surface area (Å²) in [5, 5.41) is 6.98. The fraction of sp³-hybridized carbons (Fsp3) is 0.158. The molecule has 0 saturated carbocycles. The highest BCUT2D eigenvalue weighted by Gasteiger charge is 2.30. The number of halogens is 4. The van der Waals surface area contributed by atoms with Crippen molar-refractivity contribution in [2.75, 3.05) is 5.32 Å². The molecule has 0 aliphatic heterocycles. The number of aryl methyl sites for hydroxylation is 1. The second-order valence-electron chi connectivity index (χ2n) is 5.96. The van der Waals surface area contributed by atoms with Crippen molar-refractivity contribution in [2.45, 2.75) is 19.6 Å². The van der Waals surface area contributed by atoms with Gasteiger partial charge in [0.1, 0.15) is 0 Å². The molecule has 0 aliphatic rings. The van der Waals surface area contributed by atoms with Gasteiger partial charge >= 0.3 is 6.18 Å². The largest absolute Gasteiger partial charge is 0.416 e. The maximum atomic E-state index is 12.9. The third-order valence-corrected chi connectivity index (χ3v) is 4.62. The van der Waals surface area contributed by atoms with Crippen LogP contribution in [-0.2, 0) is 12.7 Å². The highest BCUT2D eigenvalue weighted by molar-refractivity contribution is 9.10. The van der Waals surface area contributed by atoms with E-state index in [0.29, 0.717) is 21.4 Å². The molecular formula is C19H15BrF3N3O. The maximum Gasteiger partial charge on any atom is 0.416 e. The van der Waals surface area contributed by atoms with Gasteiger partial charge in [-0.1, -0.05) is 24.3 Å². The molecule has 0 aliphatic carbocycles. The van der Waals surface area contributed by atoms with Crippen molar-refractivity contribution in [3.8, 4) is 0 Å². The molecule has 0 atom stereocenters. The van der Waals surface area contributed by atoms with Gasteiger partial charge in [0.15, 0.2) is 5.82 Å². The first kappa shape index (κ1) is 19.2. The minimum Gasteiger partial charge on any atom is -0.305 e. The predicted octanol–water partition coefficient (Wildman–Crippen LogP) is 5.27. The summed E-state index contributed by atoms with van der Waals surface area (Å²) in [5.74, 6) is 0.00595. The second kappa shape index (κ2) is 7.56. The van der Waals surface area contributed by atoms with Crippen LogP contribution < -0.4 is 5.32 Å². The molecule has 1 N–H and O–H groups in total. The number of aromatic nitrogens is 2. The quantitative estimate of drug-likeness (QED) is 0.603. The third kappa shape index (κ3) is 4.57. The summed E-state index contributed by atoms with van der Waals surface area (Å²) in [6.07, 6.45) is -4.39. The van der Waals surface area contributed by atoms with E-state index < -0.39 is 11.7 Å². The van der Waals surface area contributed by atoms with E-state index in [1.165, 1.54) is 6.07 Å². The van der Waals surface area contributed by atoms with Gasteiger partial charge in [0, 0.05) is 16.2 Å². The first-order valence-electron chi connectivity index (χ1n) is 8.00. The van der Waals surface area contributed by atoms with Crippen molar-refractivity contribution in [1.29, 1.82) is 0 Å².